The molecule has 1 aliphatic heterocycles. The molecule has 6 nitrogen and oxygen atoms in total. The van der Waals surface area contributed by atoms with Crippen LogP contribution in [0.4, 0.5) is 5.82 Å². The quantitative estimate of drug-likeness (QED) is 0.738. The van der Waals surface area contributed by atoms with E-state index in [1.807, 2.05) is 13.8 Å². The molecule has 0 aliphatic carbocycles. The number of pyridine rings is 1. The summed E-state index contributed by atoms with van der Waals surface area (Å²) < 4.78 is 0. The number of hydrogen-bond acceptors (Lipinski definition) is 5. The highest BCUT2D eigenvalue weighted by molar-refractivity contribution is 6.04. The van der Waals surface area contributed by atoms with Crippen LogP contribution in [0.25, 0.3) is 0 Å². The number of rotatable bonds is 1. The summed E-state index contributed by atoms with van der Waals surface area (Å²) in [7, 11) is 0. The van der Waals surface area contributed by atoms with Crippen molar-refractivity contribution >= 4 is 17.6 Å². The summed E-state index contributed by atoms with van der Waals surface area (Å²) >= 11 is 0. The molecule has 0 radical (unpaired) electrons. The molecule has 1 atom stereocenters. The normalized spacial score (nSPS) is 19.1. The molecule has 1 unspecified atom stereocenters. The molecule has 0 aromatic carbocycles. The highest BCUT2D eigenvalue weighted by Gasteiger charge is 2.32. The van der Waals surface area contributed by atoms with Gasteiger partial charge in [0.15, 0.2) is 0 Å². The average Bonchev–Trinajstić information content (AvgIpc) is 2.33. The van der Waals surface area contributed by atoms with Crippen LogP contribution in [-0.4, -0.2) is 29.4 Å². The van der Waals surface area contributed by atoms with Gasteiger partial charge in [0, 0.05) is 5.69 Å². The van der Waals surface area contributed by atoms with E-state index in [9.17, 15) is 14.9 Å². The zero-order chi connectivity index (χ0) is 14.2. The molecule has 0 spiro atoms. The minimum Gasteiger partial charge on any atom is -0.334 e. The fraction of sp³-hybridized carbons (Fsp3) is 0.385. The van der Waals surface area contributed by atoms with Crippen molar-refractivity contribution in [2.24, 2.45) is 0 Å². The molecule has 1 saturated heterocycles. The van der Waals surface area contributed by atoms with Crippen molar-refractivity contribution in [2.75, 3.05) is 11.4 Å². The molecule has 1 N–H and O–H groups in total. The summed E-state index contributed by atoms with van der Waals surface area (Å²) in [5.41, 5.74) is 1.94. The Labute approximate surface area is 111 Å². The number of nitrogens with zero attached hydrogens (tertiary/aromatic N) is 3. The first-order valence-electron chi connectivity index (χ1n) is 5.92. The van der Waals surface area contributed by atoms with Gasteiger partial charge in [0.25, 0.3) is 0 Å². The van der Waals surface area contributed by atoms with Gasteiger partial charge < -0.3 is 4.90 Å². The lowest BCUT2D eigenvalue weighted by molar-refractivity contribution is -0.132. The summed E-state index contributed by atoms with van der Waals surface area (Å²) in [6.07, 6.45) is 0. The molecular weight excluding hydrogens is 244 g/mol. The van der Waals surface area contributed by atoms with Gasteiger partial charge >= 0.3 is 0 Å². The van der Waals surface area contributed by atoms with Gasteiger partial charge in [-0.2, -0.15) is 5.26 Å². The summed E-state index contributed by atoms with van der Waals surface area (Å²) in [6, 6.07) is 3.37. The Morgan fingerprint density at radius 2 is 2.16 bits per heavy atom. The van der Waals surface area contributed by atoms with E-state index in [4.69, 9.17) is 0 Å². The first-order valence-corrected chi connectivity index (χ1v) is 5.92. The number of anilines is 1. The van der Waals surface area contributed by atoms with Crippen LogP contribution < -0.4 is 10.2 Å². The fourth-order valence-corrected chi connectivity index (χ4v) is 2.14. The SMILES string of the molecule is Cc1cc(C)c(C#N)c(N2CC(=O)NC(=O)C2C)n1. The van der Waals surface area contributed by atoms with E-state index in [2.05, 4.69) is 16.4 Å². The number of piperazine rings is 1. The van der Waals surface area contributed by atoms with E-state index in [1.54, 1.807) is 17.9 Å². The molecule has 98 valence electrons. The number of carbonyl (C=O) groups excluding carboxylic acids is 2. The molecular formula is C13H14N4O2. The van der Waals surface area contributed by atoms with Gasteiger partial charge in [-0.15, -0.1) is 0 Å². The Hall–Kier alpha value is -2.42. The number of carbonyl (C=O) groups is 2. The summed E-state index contributed by atoms with van der Waals surface area (Å²) in [5.74, 6) is -0.357. The third-order valence-electron chi connectivity index (χ3n) is 3.13. The van der Waals surface area contributed by atoms with Crippen molar-refractivity contribution < 1.29 is 9.59 Å². The van der Waals surface area contributed by atoms with E-state index in [-0.39, 0.29) is 18.4 Å². The Kier molecular flexibility index (Phi) is 3.21. The maximum Gasteiger partial charge on any atom is 0.249 e. The minimum atomic E-state index is -0.529. The summed E-state index contributed by atoms with van der Waals surface area (Å²) in [4.78, 5) is 29.0. The van der Waals surface area contributed by atoms with Gasteiger partial charge in [0.05, 0.1) is 12.1 Å². The first-order chi connectivity index (χ1) is 8.93. The lowest BCUT2D eigenvalue weighted by atomic mass is 10.1. The second-order valence-electron chi connectivity index (χ2n) is 4.61. The highest BCUT2D eigenvalue weighted by Crippen LogP contribution is 2.24. The average molecular weight is 258 g/mol. The number of nitriles is 1. The largest absolute Gasteiger partial charge is 0.334 e. The van der Waals surface area contributed by atoms with Crippen LogP contribution in [0.1, 0.15) is 23.7 Å². The second-order valence-corrected chi connectivity index (χ2v) is 4.61. The fourth-order valence-electron chi connectivity index (χ4n) is 2.14. The molecule has 2 amide bonds. The predicted octanol–water partition coefficient (Wildman–Crippen LogP) is 0.421. The van der Waals surface area contributed by atoms with Crippen molar-refractivity contribution in [2.45, 2.75) is 26.8 Å². The Bertz CT molecular complexity index is 603. The van der Waals surface area contributed by atoms with E-state index < -0.39 is 6.04 Å². The topological polar surface area (TPSA) is 86.1 Å². The smallest absolute Gasteiger partial charge is 0.249 e. The van der Waals surface area contributed by atoms with Crippen LogP contribution in [0.3, 0.4) is 0 Å². The summed E-state index contributed by atoms with van der Waals surface area (Å²) in [5, 5.41) is 11.5. The number of aromatic nitrogens is 1. The predicted molar refractivity (Wildman–Crippen MR) is 68.4 cm³/mol. The third kappa shape index (κ3) is 2.27. The number of imide groups is 1. The van der Waals surface area contributed by atoms with E-state index in [0.29, 0.717) is 11.4 Å². The van der Waals surface area contributed by atoms with Gasteiger partial charge in [-0.1, -0.05) is 0 Å². The van der Waals surface area contributed by atoms with Crippen molar-refractivity contribution in [3.8, 4) is 6.07 Å². The number of nitrogens with one attached hydrogen (secondary N) is 1. The number of amides is 2. The van der Waals surface area contributed by atoms with Crippen LogP contribution in [-0.2, 0) is 9.59 Å². The van der Waals surface area contributed by atoms with E-state index in [0.717, 1.165) is 11.3 Å². The Morgan fingerprint density at radius 3 is 2.79 bits per heavy atom. The highest BCUT2D eigenvalue weighted by atomic mass is 16.2. The molecule has 1 aliphatic rings. The Balaban J connectivity index is 2.54. The van der Waals surface area contributed by atoms with Crippen molar-refractivity contribution in [3.63, 3.8) is 0 Å². The zero-order valence-corrected chi connectivity index (χ0v) is 11.0. The van der Waals surface area contributed by atoms with Crippen molar-refractivity contribution in [1.29, 1.82) is 5.26 Å². The molecule has 2 heterocycles. The molecule has 1 fully saturated rings. The molecule has 0 saturated carbocycles. The van der Waals surface area contributed by atoms with Gasteiger partial charge in [-0.3, -0.25) is 14.9 Å². The molecule has 1 aromatic rings. The molecule has 19 heavy (non-hydrogen) atoms. The maximum absolute atomic E-state index is 11.7. The van der Waals surface area contributed by atoms with E-state index >= 15 is 0 Å². The van der Waals surface area contributed by atoms with Crippen molar-refractivity contribution in [3.05, 3.63) is 22.9 Å². The van der Waals surface area contributed by atoms with Crippen LogP contribution >= 0.6 is 0 Å². The van der Waals surface area contributed by atoms with Gasteiger partial charge in [-0.05, 0) is 32.4 Å². The van der Waals surface area contributed by atoms with E-state index in [1.165, 1.54) is 0 Å². The molecule has 0 bridgehead atoms. The molecule has 6 heteroatoms. The van der Waals surface area contributed by atoms with Gasteiger partial charge in [-0.25, -0.2) is 4.98 Å². The first kappa shape index (κ1) is 13.0. The van der Waals surface area contributed by atoms with Crippen LogP contribution in [0.2, 0.25) is 0 Å². The number of aryl methyl sites for hydroxylation is 2. The number of hydrogen-bond donors (Lipinski definition) is 1. The van der Waals surface area contributed by atoms with Gasteiger partial charge in [0.1, 0.15) is 17.9 Å². The van der Waals surface area contributed by atoms with Crippen molar-refractivity contribution in [1.82, 2.24) is 10.3 Å². The Morgan fingerprint density at radius 1 is 1.47 bits per heavy atom. The lowest BCUT2D eigenvalue weighted by Crippen LogP contribution is -2.57. The molecule has 2 rings (SSSR count). The maximum atomic E-state index is 11.7. The zero-order valence-electron chi connectivity index (χ0n) is 11.0. The molecule has 1 aromatic heterocycles. The third-order valence-corrected chi connectivity index (χ3v) is 3.13. The van der Waals surface area contributed by atoms with Gasteiger partial charge in [0.2, 0.25) is 11.8 Å². The van der Waals surface area contributed by atoms with Crippen LogP contribution in [0.5, 0.6) is 0 Å². The van der Waals surface area contributed by atoms with Crippen LogP contribution in [0, 0.1) is 25.2 Å². The second kappa shape index (κ2) is 4.69. The lowest BCUT2D eigenvalue weighted by Gasteiger charge is -2.33. The standard InChI is InChI=1S/C13H14N4O2/c1-7-4-8(2)15-12(10(7)5-14)17-6-11(18)16-13(19)9(17)3/h4,9H,6H2,1-3H3,(H,16,18,19). The summed E-state index contributed by atoms with van der Waals surface area (Å²) in [6.45, 7) is 5.33. The minimum absolute atomic E-state index is 0.0253. The monoisotopic (exact) mass is 258 g/mol. The van der Waals surface area contributed by atoms with Crippen LogP contribution in [0.15, 0.2) is 6.07 Å².